The van der Waals surface area contributed by atoms with Gasteiger partial charge >= 0.3 is 30.2 Å². The molecule has 2 radical (unpaired) electrons. The normalized spacial score (nSPS) is 13.7. The third-order valence-electron chi connectivity index (χ3n) is 5.00. The second kappa shape index (κ2) is 16.0. The molecule has 1 aliphatic carbocycles. The van der Waals surface area contributed by atoms with Crippen LogP contribution in [0.4, 0.5) is 0 Å². The van der Waals surface area contributed by atoms with E-state index in [1.165, 1.54) is 62.0 Å². The Morgan fingerprint density at radius 1 is 0.967 bits per heavy atom. The van der Waals surface area contributed by atoms with E-state index in [2.05, 4.69) is 77.9 Å². The van der Waals surface area contributed by atoms with E-state index in [0.717, 1.165) is 5.76 Å². The predicted octanol–water partition coefficient (Wildman–Crippen LogP) is 8.21. The molecule has 164 valence electrons. The second-order valence-electron chi connectivity index (χ2n) is 6.57. The summed E-state index contributed by atoms with van der Waals surface area (Å²) in [6, 6.07) is 14.5. The van der Waals surface area contributed by atoms with Crippen molar-refractivity contribution in [1.29, 1.82) is 0 Å². The monoisotopic (exact) mass is 536 g/mol. The summed E-state index contributed by atoms with van der Waals surface area (Å²) in [6.07, 6.45) is 5.08. The topological polar surface area (TPSA) is 13.1 Å². The van der Waals surface area contributed by atoms with E-state index in [4.69, 9.17) is 4.42 Å². The van der Waals surface area contributed by atoms with E-state index >= 15 is 0 Å². The summed E-state index contributed by atoms with van der Waals surface area (Å²) in [7, 11) is 0. The SMILES string of the molecule is CC1=[C-]C(C)C(C)=C1C.Cc1[cH-]c2ccccc2c1-c1ccco1.Cl.Cl.[CH3-].[CH3-].[Si]=[Zr]. The number of hydrogen-bond donors (Lipinski definition) is 0. The predicted molar refractivity (Wildman–Crippen MR) is 135 cm³/mol. The Hall–Kier alpha value is -0.730. The molecule has 0 fully saturated rings. The molecule has 0 saturated heterocycles. The fourth-order valence-corrected chi connectivity index (χ4v) is 3.28. The molecule has 5 heteroatoms. The number of benzene rings is 1. The van der Waals surface area contributed by atoms with Crippen LogP contribution in [0.3, 0.4) is 0 Å². The Morgan fingerprint density at radius 3 is 2.00 bits per heavy atom. The Labute approximate surface area is 212 Å². The van der Waals surface area contributed by atoms with Gasteiger partial charge < -0.3 is 19.3 Å². The van der Waals surface area contributed by atoms with Crippen LogP contribution in [0, 0.1) is 33.8 Å². The summed E-state index contributed by atoms with van der Waals surface area (Å²) in [4.78, 5) is 0. The van der Waals surface area contributed by atoms with Crippen LogP contribution in [0.15, 0.2) is 69.9 Å². The number of halogens is 2. The van der Waals surface area contributed by atoms with E-state index < -0.39 is 0 Å². The Kier molecular flexibility index (Phi) is 18.1. The van der Waals surface area contributed by atoms with E-state index in [-0.39, 0.29) is 39.7 Å². The van der Waals surface area contributed by atoms with Crippen molar-refractivity contribution >= 4 is 42.5 Å². The van der Waals surface area contributed by atoms with Crippen molar-refractivity contribution in [3.8, 4) is 11.3 Å². The van der Waals surface area contributed by atoms with Gasteiger partial charge in [0.1, 0.15) is 0 Å². The van der Waals surface area contributed by atoms with Crippen molar-refractivity contribution in [3.05, 3.63) is 91.9 Å². The van der Waals surface area contributed by atoms with Gasteiger partial charge in [-0.25, -0.2) is 5.57 Å². The number of fused-ring (bicyclic) bond motifs is 1. The number of aryl methyl sites for hydroxylation is 1. The molecule has 0 saturated carbocycles. The molecule has 0 amide bonds. The third-order valence-corrected chi connectivity index (χ3v) is 5.00. The number of hydrogen-bond acceptors (Lipinski definition) is 1. The first-order valence-corrected chi connectivity index (χ1v) is 12.9. The van der Waals surface area contributed by atoms with E-state index in [1.807, 2.05) is 12.1 Å². The van der Waals surface area contributed by atoms with E-state index in [1.54, 1.807) is 6.26 Å². The molecule has 1 heterocycles. The van der Waals surface area contributed by atoms with Crippen LogP contribution in [-0.4, -0.2) is 6.88 Å². The molecule has 1 aromatic heterocycles. The van der Waals surface area contributed by atoms with Crippen molar-refractivity contribution < 1.29 is 27.8 Å². The van der Waals surface area contributed by atoms with Crippen molar-refractivity contribution in [2.75, 3.05) is 0 Å². The van der Waals surface area contributed by atoms with Crippen molar-refractivity contribution in [2.45, 2.75) is 34.6 Å². The van der Waals surface area contributed by atoms with Gasteiger partial charge in [-0.05, 0) is 12.1 Å². The van der Waals surface area contributed by atoms with Gasteiger partial charge in [-0.3, -0.25) is 6.08 Å². The van der Waals surface area contributed by atoms with Gasteiger partial charge in [0.25, 0.3) is 0 Å². The van der Waals surface area contributed by atoms with Crippen molar-refractivity contribution in [1.82, 2.24) is 0 Å². The molecule has 0 N–H and O–H groups in total. The Morgan fingerprint density at radius 2 is 1.57 bits per heavy atom. The van der Waals surface area contributed by atoms with Crippen molar-refractivity contribution in [2.24, 2.45) is 5.92 Å². The molecule has 1 atom stereocenters. The van der Waals surface area contributed by atoms with Crippen LogP contribution in [0.2, 0.25) is 0 Å². The summed E-state index contributed by atoms with van der Waals surface area (Å²) in [5, 5.41) is 2.55. The maximum atomic E-state index is 5.47. The molecule has 30 heavy (non-hydrogen) atoms. The van der Waals surface area contributed by atoms with Crippen LogP contribution >= 0.6 is 24.8 Å². The molecule has 2 aromatic carbocycles. The molecular formula is C25H32Cl2OSiZr-4. The molecular weight excluding hydrogens is 506 g/mol. The maximum absolute atomic E-state index is 5.47. The summed E-state index contributed by atoms with van der Waals surface area (Å²) in [6.45, 7) is 13.9. The Bertz CT molecular complexity index is 939. The zero-order chi connectivity index (χ0) is 19.3. The van der Waals surface area contributed by atoms with E-state index in [0.29, 0.717) is 5.92 Å². The summed E-state index contributed by atoms with van der Waals surface area (Å²) >= 11 is 1.36. The van der Waals surface area contributed by atoms with Gasteiger partial charge in [0, 0.05) is 0 Å². The molecule has 1 unspecified atom stereocenters. The third kappa shape index (κ3) is 7.75. The first kappa shape index (κ1) is 33.9. The summed E-state index contributed by atoms with van der Waals surface area (Å²) < 4.78 is 5.47. The number of furan rings is 1. The first-order chi connectivity index (χ1) is 12.5. The standard InChI is InChI=1S/C14H11O.C9H13.2CH3.2ClH.Si.Zr/c1-10-9-11-5-2-3-6-12(11)14(10)13-7-4-8-15-13;1-6-5-7(2)9(4)8(6)3;;;;;;/h2-9H,1H3;6H,1-4H3;2*1H3;2*1H;;/q4*-1;;;;. The van der Waals surface area contributed by atoms with Gasteiger partial charge in [0.05, 0.1) is 12.0 Å². The average molecular weight is 539 g/mol. The fraction of sp³-hybridized carbons (Fsp3) is 0.240. The van der Waals surface area contributed by atoms with Gasteiger partial charge in [-0.2, -0.15) is 11.1 Å². The van der Waals surface area contributed by atoms with Crippen LogP contribution < -0.4 is 0 Å². The van der Waals surface area contributed by atoms with Crippen LogP contribution in [0.5, 0.6) is 0 Å². The number of allylic oxidation sites excluding steroid dienone is 4. The number of rotatable bonds is 1. The zero-order valence-electron chi connectivity index (χ0n) is 18.9. The van der Waals surface area contributed by atoms with Gasteiger partial charge in [-0.15, -0.1) is 72.3 Å². The Balaban J connectivity index is -0.000000431. The zero-order valence-corrected chi connectivity index (χ0v) is 24.0. The minimum absolute atomic E-state index is 0. The van der Waals surface area contributed by atoms with Crippen molar-refractivity contribution in [3.63, 3.8) is 0 Å². The van der Waals surface area contributed by atoms with Crippen LogP contribution in [0.1, 0.15) is 33.3 Å². The second-order valence-corrected chi connectivity index (χ2v) is 6.57. The van der Waals surface area contributed by atoms with E-state index in [9.17, 15) is 0 Å². The van der Waals surface area contributed by atoms with Gasteiger partial charge in [0.2, 0.25) is 0 Å². The van der Waals surface area contributed by atoms with Crippen LogP contribution in [-0.2, 0) is 23.3 Å². The van der Waals surface area contributed by atoms with Gasteiger partial charge in [-0.1, -0.05) is 45.2 Å². The molecule has 1 aliphatic rings. The minimum atomic E-state index is 0. The molecule has 1 nitrogen and oxygen atoms in total. The molecule has 0 spiro atoms. The molecule has 0 aliphatic heterocycles. The summed E-state index contributed by atoms with van der Waals surface area (Å²) in [5.74, 6) is 1.51. The molecule has 3 aromatic rings. The summed E-state index contributed by atoms with van der Waals surface area (Å²) in [5.41, 5.74) is 6.73. The van der Waals surface area contributed by atoms with Crippen LogP contribution in [0.25, 0.3) is 22.1 Å². The molecule has 0 bridgehead atoms. The average Bonchev–Trinajstić information content (AvgIpc) is 3.33. The quantitative estimate of drug-likeness (QED) is 0.225. The first-order valence-electron chi connectivity index (χ1n) is 8.70. The fourth-order valence-electron chi connectivity index (χ4n) is 3.28. The molecule has 4 rings (SSSR count). The van der Waals surface area contributed by atoms with Gasteiger partial charge in [0.15, 0.2) is 0 Å².